The average Bonchev–Trinajstić information content (AvgIpc) is 2.47. The molecule has 0 unspecified atom stereocenters. The Hall–Kier alpha value is -2.24. The molecule has 0 amide bonds. The minimum Gasteiger partial charge on any atom is -1.00 e. The number of benzene rings is 2. The molecule has 0 saturated carbocycles. The van der Waals surface area contributed by atoms with Crippen LogP contribution in [-0.2, 0) is 0 Å². The number of halogens is 2. The Kier molecular flexibility index (Phi) is 4.90. The molecule has 0 aliphatic carbocycles. The molecule has 0 aliphatic rings. The molecule has 0 aliphatic heterocycles. The summed E-state index contributed by atoms with van der Waals surface area (Å²) < 4.78 is 5.28. The van der Waals surface area contributed by atoms with Gasteiger partial charge in [-0.3, -0.25) is 0 Å². The highest BCUT2D eigenvalue weighted by atomic mass is 35.5. The molecule has 22 heavy (non-hydrogen) atoms. The van der Waals surface area contributed by atoms with Gasteiger partial charge in [-0.25, -0.2) is 4.98 Å². The smallest absolute Gasteiger partial charge is 0.229 e. The summed E-state index contributed by atoms with van der Waals surface area (Å²) in [4.78, 5) is 8.69. The van der Waals surface area contributed by atoms with Crippen molar-refractivity contribution >= 4 is 40.0 Å². The lowest BCUT2D eigenvalue weighted by molar-refractivity contribution is -0.00000456. The van der Waals surface area contributed by atoms with Crippen molar-refractivity contribution in [1.82, 2.24) is 9.97 Å². The van der Waals surface area contributed by atoms with Gasteiger partial charge in [0.2, 0.25) is 5.95 Å². The van der Waals surface area contributed by atoms with Gasteiger partial charge in [-0.15, -0.1) is 0 Å². The Morgan fingerprint density at radius 3 is 2.68 bits per heavy atom. The molecule has 0 bridgehead atoms. The quantitative estimate of drug-likeness (QED) is 0.734. The van der Waals surface area contributed by atoms with Gasteiger partial charge < -0.3 is 28.2 Å². The van der Waals surface area contributed by atoms with Crippen molar-refractivity contribution < 1.29 is 17.1 Å². The first-order chi connectivity index (χ1) is 10.2. The zero-order valence-electron chi connectivity index (χ0n) is 11.7. The summed E-state index contributed by atoms with van der Waals surface area (Å²) in [5.41, 5.74) is 7.41. The molecule has 0 saturated heterocycles. The summed E-state index contributed by atoms with van der Waals surface area (Å²) in [7, 11) is 1.59. The van der Waals surface area contributed by atoms with Gasteiger partial charge in [-0.2, -0.15) is 4.98 Å². The zero-order valence-corrected chi connectivity index (χ0v) is 13.2. The summed E-state index contributed by atoms with van der Waals surface area (Å²) in [6, 6.07) is 12.8. The van der Waals surface area contributed by atoms with Crippen LogP contribution >= 0.6 is 11.6 Å². The average molecular weight is 336 g/mol. The van der Waals surface area contributed by atoms with Gasteiger partial charge in [0.05, 0.1) is 18.3 Å². The lowest BCUT2D eigenvalue weighted by Crippen LogP contribution is -3.00. The van der Waals surface area contributed by atoms with E-state index < -0.39 is 0 Å². The maximum Gasteiger partial charge on any atom is 0.229 e. The molecule has 0 fully saturated rings. The number of rotatable bonds is 3. The molecule has 114 valence electrons. The Balaban J connectivity index is 0.00000176. The number of nitrogens with two attached hydrogens (primary N) is 1. The van der Waals surface area contributed by atoms with Gasteiger partial charge >= 0.3 is 0 Å². The Morgan fingerprint density at radius 1 is 1.14 bits per heavy atom. The van der Waals surface area contributed by atoms with Crippen molar-refractivity contribution in [2.75, 3.05) is 18.2 Å². The fraction of sp³-hybridized carbons (Fsp3) is 0.0667. The molecule has 0 radical (unpaired) electrons. The van der Waals surface area contributed by atoms with Crippen LogP contribution in [0, 0.1) is 0 Å². The maximum absolute atomic E-state index is 6.01. The van der Waals surface area contributed by atoms with Crippen LogP contribution in [0.2, 0.25) is 5.02 Å². The molecule has 7 heteroatoms. The van der Waals surface area contributed by atoms with E-state index in [2.05, 4.69) is 15.3 Å². The van der Waals surface area contributed by atoms with Gasteiger partial charge in [-0.1, -0.05) is 23.7 Å². The van der Waals surface area contributed by atoms with Crippen LogP contribution in [0.15, 0.2) is 42.5 Å². The third-order valence-electron chi connectivity index (χ3n) is 3.04. The highest BCUT2D eigenvalue weighted by Crippen LogP contribution is 2.30. The van der Waals surface area contributed by atoms with Crippen molar-refractivity contribution in [3.05, 3.63) is 47.5 Å². The number of hydrogen-bond donors (Lipinski definition) is 2. The van der Waals surface area contributed by atoms with E-state index in [-0.39, 0.29) is 12.4 Å². The second kappa shape index (κ2) is 6.68. The largest absolute Gasteiger partial charge is 1.00 e. The van der Waals surface area contributed by atoms with E-state index in [1.165, 1.54) is 0 Å². The lowest BCUT2D eigenvalue weighted by Gasteiger charge is -2.11. The van der Waals surface area contributed by atoms with Crippen LogP contribution in [0.5, 0.6) is 5.75 Å². The Morgan fingerprint density at radius 2 is 1.91 bits per heavy atom. The van der Waals surface area contributed by atoms with Crippen LogP contribution in [0.3, 0.4) is 0 Å². The summed E-state index contributed by atoms with van der Waals surface area (Å²) in [5.74, 6) is 1.46. The minimum absolute atomic E-state index is 0. The van der Waals surface area contributed by atoms with Crippen LogP contribution in [-0.4, -0.2) is 17.1 Å². The van der Waals surface area contributed by atoms with Crippen molar-refractivity contribution in [3.63, 3.8) is 0 Å². The topological polar surface area (TPSA) is 73.1 Å². The maximum atomic E-state index is 6.01. The fourth-order valence-electron chi connectivity index (χ4n) is 2.06. The van der Waals surface area contributed by atoms with Gasteiger partial charge in [0.15, 0.2) is 0 Å². The molecular formula is C15H13Cl2N4O-. The van der Waals surface area contributed by atoms with Crippen molar-refractivity contribution in [2.24, 2.45) is 0 Å². The minimum atomic E-state index is 0. The molecule has 3 rings (SSSR count). The molecular weight excluding hydrogens is 323 g/mol. The third-order valence-corrected chi connectivity index (χ3v) is 3.28. The van der Waals surface area contributed by atoms with E-state index in [1.54, 1.807) is 25.3 Å². The predicted molar refractivity (Wildman–Crippen MR) is 85.2 cm³/mol. The summed E-state index contributed by atoms with van der Waals surface area (Å²) in [5, 5.41) is 4.50. The van der Waals surface area contributed by atoms with E-state index in [4.69, 9.17) is 22.1 Å². The molecule has 0 spiro atoms. The Bertz CT molecular complexity index is 811. The second-order valence-corrected chi connectivity index (χ2v) is 4.86. The number of nitrogens with one attached hydrogen (secondary N) is 1. The first-order valence-electron chi connectivity index (χ1n) is 6.30. The lowest BCUT2D eigenvalue weighted by atomic mass is 10.2. The van der Waals surface area contributed by atoms with Crippen LogP contribution < -0.4 is 28.2 Å². The SMILES string of the molecule is COc1ccc(Cl)cc1Nc1nc(N)c2ccccc2n1.[Cl-]. The molecule has 3 N–H and O–H groups in total. The van der Waals surface area contributed by atoms with Crippen LogP contribution in [0.4, 0.5) is 17.5 Å². The van der Waals surface area contributed by atoms with Crippen LogP contribution in [0.1, 0.15) is 0 Å². The van der Waals surface area contributed by atoms with E-state index in [0.717, 1.165) is 10.9 Å². The third kappa shape index (κ3) is 3.16. The van der Waals surface area contributed by atoms with E-state index in [0.29, 0.717) is 28.2 Å². The number of fused-ring (bicyclic) bond motifs is 1. The van der Waals surface area contributed by atoms with Gasteiger partial charge in [0.25, 0.3) is 0 Å². The number of anilines is 3. The van der Waals surface area contributed by atoms with Gasteiger partial charge in [0, 0.05) is 10.4 Å². The highest BCUT2D eigenvalue weighted by molar-refractivity contribution is 6.31. The summed E-state index contributed by atoms with van der Waals surface area (Å²) >= 11 is 6.01. The molecule has 0 atom stereocenters. The van der Waals surface area contributed by atoms with E-state index >= 15 is 0 Å². The second-order valence-electron chi connectivity index (χ2n) is 4.42. The molecule has 3 aromatic rings. The Labute approximate surface area is 138 Å². The summed E-state index contributed by atoms with van der Waals surface area (Å²) in [6.07, 6.45) is 0. The molecule has 5 nitrogen and oxygen atoms in total. The number of nitrogen functional groups attached to an aromatic ring is 1. The fourth-order valence-corrected chi connectivity index (χ4v) is 2.23. The highest BCUT2D eigenvalue weighted by Gasteiger charge is 2.08. The van der Waals surface area contributed by atoms with Crippen LogP contribution in [0.25, 0.3) is 10.9 Å². The van der Waals surface area contributed by atoms with Crippen molar-refractivity contribution in [2.45, 2.75) is 0 Å². The first kappa shape index (κ1) is 16.1. The summed E-state index contributed by atoms with van der Waals surface area (Å²) in [6.45, 7) is 0. The number of aromatic nitrogens is 2. The van der Waals surface area contributed by atoms with Gasteiger partial charge in [0.1, 0.15) is 11.6 Å². The number of methoxy groups -OCH3 is 1. The predicted octanol–water partition coefficient (Wildman–Crippen LogP) is 0.622. The number of para-hydroxylation sites is 1. The van der Waals surface area contributed by atoms with E-state index in [9.17, 15) is 0 Å². The monoisotopic (exact) mass is 335 g/mol. The normalized spacial score (nSPS) is 10.1. The molecule has 1 heterocycles. The molecule has 1 aromatic heterocycles. The van der Waals surface area contributed by atoms with Crippen molar-refractivity contribution in [3.8, 4) is 5.75 Å². The van der Waals surface area contributed by atoms with Crippen molar-refractivity contribution in [1.29, 1.82) is 0 Å². The van der Waals surface area contributed by atoms with E-state index in [1.807, 2.05) is 24.3 Å². The first-order valence-corrected chi connectivity index (χ1v) is 6.68. The zero-order chi connectivity index (χ0) is 14.8. The number of nitrogens with zero attached hydrogens (tertiary/aromatic N) is 2. The number of hydrogen-bond acceptors (Lipinski definition) is 5. The number of ether oxygens (including phenoxy) is 1. The molecule has 2 aromatic carbocycles. The van der Waals surface area contributed by atoms with Gasteiger partial charge in [-0.05, 0) is 30.3 Å². The standard InChI is InChI=1S/C15H13ClN4O.ClH/c1-21-13-7-6-9(16)8-12(13)19-15-18-11-5-3-2-4-10(11)14(17)20-15;/h2-8H,1H3,(H3,17,18,19,20);1H/p-1.